The quantitative estimate of drug-likeness (QED) is 0.547. The Kier molecular flexibility index (Phi) is 5.12. The summed E-state index contributed by atoms with van der Waals surface area (Å²) in [6, 6.07) is 10.0. The summed E-state index contributed by atoms with van der Waals surface area (Å²) in [5.74, 6) is 0.867. The van der Waals surface area contributed by atoms with E-state index in [4.69, 9.17) is 0 Å². The van der Waals surface area contributed by atoms with Crippen LogP contribution in [0.5, 0.6) is 0 Å². The number of carbonyl (C=O) groups is 1. The van der Waals surface area contributed by atoms with Crippen molar-refractivity contribution in [2.75, 3.05) is 6.54 Å². The Morgan fingerprint density at radius 3 is 2.72 bits per heavy atom. The van der Waals surface area contributed by atoms with Gasteiger partial charge in [0.25, 0.3) is 5.91 Å². The molecule has 4 aromatic rings. The fourth-order valence-corrected chi connectivity index (χ4v) is 3.15. The molecular formula is C22H24N6O. The molecular weight excluding hydrogens is 364 g/mol. The molecule has 1 aromatic carbocycles. The van der Waals surface area contributed by atoms with Gasteiger partial charge in [-0.1, -0.05) is 38.0 Å². The first-order valence-electron chi connectivity index (χ1n) is 9.80. The second-order valence-corrected chi connectivity index (χ2v) is 7.30. The number of nitrogens with zero attached hydrogens (tertiary/aromatic N) is 5. The molecule has 0 radical (unpaired) electrons. The number of hydrogen-bond donors (Lipinski definition) is 1. The predicted octanol–water partition coefficient (Wildman–Crippen LogP) is 3.67. The first-order valence-corrected chi connectivity index (χ1v) is 9.80. The minimum atomic E-state index is -0.191. The molecule has 3 aromatic heterocycles. The van der Waals surface area contributed by atoms with Gasteiger partial charge >= 0.3 is 0 Å². The molecule has 3 heterocycles. The fourth-order valence-electron chi connectivity index (χ4n) is 3.15. The lowest BCUT2D eigenvalue weighted by molar-refractivity contribution is 0.0945. The van der Waals surface area contributed by atoms with E-state index in [-0.39, 0.29) is 5.91 Å². The zero-order valence-electron chi connectivity index (χ0n) is 16.8. The fraction of sp³-hybridized carbons (Fsp3) is 0.273. The summed E-state index contributed by atoms with van der Waals surface area (Å²) < 4.78 is 3.71. The van der Waals surface area contributed by atoms with Crippen LogP contribution in [0.2, 0.25) is 0 Å². The van der Waals surface area contributed by atoms with Gasteiger partial charge in [-0.15, -0.1) is 0 Å². The Hall–Kier alpha value is -3.48. The lowest BCUT2D eigenvalue weighted by Gasteiger charge is -2.08. The van der Waals surface area contributed by atoms with Gasteiger partial charge in [-0.25, -0.2) is 9.67 Å². The van der Waals surface area contributed by atoms with Crippen LogP contribution in [-0.2, 0) is 0 Å². The number of imidazole rings is 1. The smallest absolute Gasteiger partial charge is 0.272 e. The van der Waals surface area contributed by atoms with Gasteiger partial charge in [0.05, 0.1) is 23.6 Å². The molecule has 0 bridgehead atoms. The standard InChI is InChI=1S/C22H24N6O/c1-4-15(2)13-24-22(29)20-19-14-23-11-12-27(19)21(26-20)18-9-10-25-28(18)17-7-5-16(3)6-8-17/h5-12,14-15H,4,13H2,1-3H3,(H,24,29)/t15-/m1/s1. The molecule has 0 aliphatic rings. The predicted molar refractivity (Wildman–Crippen MR) is 112 cm³/mol. The van der Waals surface area contributed by atoms with Crippen molar-refractivity contribution in [2.24, 2.45) is 5.92 Å². The van der Waals surface area contributed by atoms with E-state index in [0.717, 1.165) is 17.8 Å². The van der Waals surface area contributed by atoms with E-state index < -0.39 is 0 Å². The van der Waals surface area contributed by atoms with E-state index in [1.165, 1.54) is 5.56 Å². The molecule has 1 atom stereocenters. The largest absolute Gasteiger partial charge is 0.350 e. The second kappa shape index (κ2) is 7.87. The number of hydrogen-bond acceptors (Lipinski definition) is 4. The third-order valence-electron chi connectivity index (χ3n) is 5.12. The van der Waals surface area contributed by atoms with Crippen molar-refractivity contribution in [2.45, 2.75) is 27.2 Å². The molecule has 0 spiro atoms. The monoisotopic (exact) mass is 388 g/mol. The van der Waals surface area contributed by atoms with Crippen molar-refractivity contribution in [3.05, 3.63) is 66.4 Å². The molecule has 0 unspecified atom stereocenters. The van der Waals surface area contributed by atoms with Gasteiger partial charge in [0.2, 0.25) is 0 Å². The Morgan fingerprint density at radius 1 is 1.17 bits per heavy atom. The van der Waals surface area contributed by atoms with Crippen molar-refractivity contribution < 1.29 is 4.79 Å². The summed E-state index contributed by atoms with van der Waals surface area (Å²) >= 11 is 0. The number of carbonyl (C=O) groups excluding carboxylic acids is 1. The third-order valence-corrected chi connectivity index (χ3v) is 5.12. The highest BCUT2D eigenvalue weighted by Crippen LogP contribution is 2.25. The van der Waals surface area contributed by atoms with Crippen molar-refractivity contribution in [1.82, 2.24) is 29.5 Å². The average Bonchev–Trinajstić information content (AvgIpc) is 3.37. The number of fused-ring (bicyclic) bond motifs is 1. The van der Waals surface area contributed by atoms with Gasteiger partial charge < -0.3 is 5.32 Å². The lowest BCUT2D eigenvalue weighted by Crippen LogP contribution is -2.28. The number of benzene rings is 1. The zero-order chi connectivity index (χ0) is 20.4. The van der Waals surface area contributed by atoms with Gasteiger partial charge in [-0.3, -0.25) is 14.2 Å². The molecule has 4 rings (SSSR count). The molecule has 148 valence electrons. The molecule has 29 heavy (non-hydrogen) atoms. The van der Waals surface area contributed by atoms with Gasteiger partial charge in [-0.2, -0.15) is 5.10 Å². The van der Waals surface area contributed by atoms with Crippen molar-refractivity contribution in [1.29, 1.82) is 0 Å². The maximum Gasteiger partial charge on any atom is 0.272 e. The summed E-state index contributed by atoms with van der Waals surface area (Å²) in [5.41, 5.74) is 3.95. The highest BCUT2D eigenvalue weighted by molar-refractivity contribution is 5.99. The summed E-state index contributed by atoms with van der Waals surface area (Å²) in [7, 11) is 0. The minimum Gasteiger partial charge on any atom is -0.350 e. The van der Waals surface area contributed by atoms with Crippen LogP contribution in [0.3, 0.4) is 0 Å². The third kappa shape index (κ3) is 3.63. The normalized spacial score (nSPS) is 12.2. The molecule has 0 saturated carbocycles. The van der Waals surface area contributed by atoms with Gasteiger partial charge in [0, 0.05) is 18.9 Å². The molecule has 0 saturated heterocycles. The number of aromatic nitrogens is 5. The molecule has 0 aliphatic heterocycles. The van der Waals surface area contributed by atoms with Crippen LogP contribution in [-0.4, -0.2) is 36.6 Å². The summed E-state index contributed by atoms with van der Waals surface area (Å²) in [4.78, 5) is 21.7. The van der Waals surface area contributed by atoms with Crippen LogP contribution in [0.25, 0.3) is 22.7 Å². The van der Waals surface area contributed by atoms with Crippen LogP contribution in [0, 0.1) is 12.8 Å². The molecule has 7 heteroatoms. The van der Waals surface area contributed by atoms with E-state index in [9.17, 15) is 4.79 Å². The second-order valence-electron chi connectivity index (χ2n) is 7.30. The number of nitrogens with one attached hydrogen (secondary N) is 1. The molecule has 0 fully saturated rings. The number of aryl methyl sites for hydroxylation is 1. The van der Waals surface area contributed by atoms with Gasteiger partial charge in [0.1, 0.15) is 5.69 Å². The van der Waals surface area contributed by atoms with E-state index >= 15 is 0 Å². The molecule has 7 nitrogen and oxygen atoms in total. The van der Waals surface area contributed by atoms with Crippen molar-refractivity contribution >= 4 is 11.4 Å². The van der Waals surface area contributed by atoms with Crippen LogP contribution in [0.15, 0.2) is 55.1 Å². The first-order chi connectivity index (χ1) is 14.1. The molecule has 1 N–H and O–H groups in total. The van der Waals surface area contributed by atoms with Gasteiger partial charge in [-0.05, 0) is 31.0 Å². The molecule has 0 aliphatic carbocycles. The Balaban J connectivity index is 1.78. The first kappa shape index (κ1) is 18.9. The zero-order valence-corrected chi connectivity index (χ0v) is 16.8. The van der Waals surface area contributed by atoms with Gasteiger partial charge in [0.15, 0.2) is 11.5 Å². The topological polar surface area (TPSA) is 77.1 Å². The van der Waals surface area contributed by atoms with Crippen LogP contribution < -0.4 is 5.32 Å². The van der Waals surface area contributed by atoms with Crippen molar-refractivity contribution in [3.63, 3.8) is 0 Å². The van der Waals surface area contributed by atoms with E-state index in [2.05, 4.69) is 34.2 Å². The lowest BCUT2D eigenvalue weighted by atomic mass is 10.1. The number of amides is 1. The van der Waals surface area contributed by atoms with Crippen LogP contribution in [0.4, 0.5) is 0 Å². The summed E-state index contributed by atoms with van der Waals surface area (Å²) in [6.45, 7) is 6.88. The van der Waals surface area contributed by atoms with E-state index in [1.807, 2.05) is 52.5 Å². The molecule has 1 amide bonds. The van der Waals surface area contributed by atoms with E-state index in [0.29, 0.717) is 29.5 Å². The Bertz CT molecular complexity index is 1140. The Morgan fingerprint density at radius 2 is 1.97 bits per heavy atom. The SMILES string of the molecule is CC[C@@H](C)CNC(=O)c1nc(-c2ccnn2-c2ccc(C)cc2)n2ccncc12. The van der Waals surface area contributed by atoms with Crippen molar-refractivity contribution in [3.8, 4) is 17.2 Å². The highest BCUT2D eigenvalue weighted by Gasteiger charge is 2.21. The van der Waals surface area contributed by atoms with Crippen LogP contribution in [0.1, 0.15) is 36.3 Å². The van der Waals surface area contributed by atoms with Crippen LogP contribution >= 0.6 is 0 Å². The number of rotatable bonds is 6. The van der Waals surface area contributed by atoms with E-state index in [1.54, 1.807) is 18.6 Å². The summed E-state index contributed by atoms with van der Waals surface area (Å²) in [5, 5.41) is 7.46. The Labute approximate surface area is 169 Å². The minimum absolute atomic E-state index is 0.191. The maximum atomic E-state index is 12.8. The average molecular weight is 388 g/mol. The maximum absolute atomic E-state index is 12.8. The highest BCUT2D eigenvalue weighted by atomic mass is 16.1. The summed E-state index contributed by atoms with van der Waals surface area (Å²) in [6.07, 6.45) is 7.91.